The molecule has 0 bridgehead atoms. The highest BCUT2D eigenvalue weighted by Crippen LogP contribution is 2.20. The van der Waals surface area contributed by atoms with E-state index in [1.165, 1.54) is 6.33 Å². The maximum Gasteiger partial charge on any atom is 0.266 e. The van der Waals surface area contributed by atoms with Gasteiger partial charge in [0.25, 0.3) is 5.56 Å². The summed E-state index contributed by atoms with van der Waals surface area (Å²) >= 11 is 6.21. The first kappa shape index (κ1) is 20.0. The molecule has 0 radical (unpaired) electrons. The van der Waals surface area contributed by atoms with Crippen LogP contribution in [-0.2, 0) is 6.42 Å². The number of nitrogens with two attached hydrogens (primary N) is 1. The van der Waals surface area contributed by atoms with Crippen molar-refractivity contribution >= 4 is 45.4 Å². The Bertz CT molecular complexity index is 1520. The predicted octanol–water partition coefficient (Wildman–Crippen LogP) is 3.25. The molecule has 0 aliphatic carbocycles. The molecule has 0 saturated carbocycles. The lowest BCUT2D eigenvalue weighted by Crippen LogP contribution is -2.26. The Morgan fingerprint density at radius 2 is 2.00 bits per heavy atom. The summed E-state index contributed by atoms with van der Waals surface area (Å²) in [5, 5.41) is 4.37. The van der Waals surface area contributed by atoms with Gasteiger partial charge in [0, 0.05) is 18.0 Å². The number of nitrogens with zero attached hydrogens (tertiary/aromatic N) is 5. The van der Waals surface area contributed by atoms with Crippen molar-refractivity contribution in [2.75, 3.05) is 17.6 Å². The van der Waals surface area contributed by atoms with Crippen LogP contribution in [-0.4, -0.2) is 36.0 Å². The van der Waals surface area contributed by atoms with Crippen LogP contribution in [0.5, 0.6) is 0 Å². The Kier molecular flexibility index (Phi) is 4.95. The molecule has 0 amide bonds. The largest absolute Gasteiger partial charge is 0.368 e. The molecular weight excluding hydrogens is 428 g/mol. The summed E-state index contributed by atoms with van der Waals surface area (Å²) in [5.41, 5.74) is 9.00. The van der Waals surface area contributed by atoms with Crippen molar-refractivity contribution in [2.24, 2.45) is 0 Å². The first-order chi connectivity index (χ1) is 15.5. The lowest BCUT2D eigenvalue weighted by molar-refractivity contribution is 0.809. The van der Waals surface area contributed by atoms with Crippen molar-refractivity contribution in [2.45, 2.75) is 13.3 Å². The number of nitrogens with one attached hydrogen (secondary N) is 2. The first-order valence-corrected chi connectivity index (χ1v) is 10.4. The molecule has 3 heterocycles. The molecule has 0 unspecified atom stereocenters. The Hall–Kier alpha value is -3.98. The lowest BCUT2D eigenvalue weighted by atomic mass is 10.1. The highest BCUT2D eigenvalue weighted by atomic mass is 35.5. The van der Waals surface area contributed by atoms with Gasteiger partial charge in [-0.05, 0) is 36.8 Å². The Labute approximate surface area is 187 Å². The van der Waals surface area contributed by atoms with E-state index in [1.807, 2.05) is 37.3 Å². The molecule has 0 spiro atoms. The molecule has 0 aliphatic heterocycles. The van der Waals surface area contributed by atoms with Crippen LogP contribution < -0.4 is 16.6 Å². The van der Waals surface area contributed by atoms with E-state index in [2.05, 4.69) is 25.3 Å². The molecule has 32 heavy (non-hydrogen) atoms. The second-order valence-corrected chi connectivity index (χ2v) is 7.76. The Morgan fingerprint density at radius 3 is 2.84 bits per heavy atom. The van der Waals surface area contributed by atoms with Crippen molar-refractivity contribution in [3.8, 4) is 5.69 Å². The van der Waals surface area contributed by atoms with Gasteiger partial charge >= 0.3 is 0 Å². The molecule has 5 aromatic rings. The molecule has 3 aromatic heterocycles. The number of anilines is 2. The third-order valence-corrected chi connectivity index (χ3v) is 5.41. The summed E-state index contributed by atoms with van der Waals surface area (Å²) in [7, 11) is 0. The van der Waals surface area contributed by atoms with Gasteiger partial charge in [-0.15, -0.1) is 0 Å². The Balaban J connectivity index is 1.56. The molecule has 0 saturated heterocycles. The first-order valence-electron chi connectivity index (χ1n) is 9.99. The van der Waals surface area contributed by atoms with Crippen LogP contribution in [0.1, 0.15) is 11.4 Å². The van der Waals surface area contributed by atoms with Crippen molar-refractivity contribution in [1.82, 2.24) is 29.5 Å². The highest BCUT2D eigenvalue weighted by Gasteiger charge is 2.15. The fourth-order valence-electron chi connectivity index (χ4n) is 3.76. The number of halogens is 1. The topological polar surface area (TPSA) is 127 Å². The van der Waals surface area contributed by atoms with Crippen LogP contribution in [0.2, 0.25) is 5.02 Å². The average molecular weight is 447 g/mol. The van der Waals surface area contributed by atoms with Crippen LogP contribution in [0.25, 0.3) is 27.8 Å². The van der Waals surface area contributed by atoms with E-state index in [-0.39, 0.29) is 11.5 Å². The minimum Gasteiger partial charge on any atom is -0.368 e. The van der Waals surface area contributed by atoms with Gasteiger partial charge < -0.3 is 16.0 Å². The van der Waals surface area contributed by atoms with Crippen LogP contribution in [0.4, 0.5) is 11.8 Å². The molecular formula is C22H19ClN8O. The SMILES string of the molecule is Cc1cccc2nc(CCNc3nc(N)nc4[nH]cnc34)n(-c3cccc(Cl)c3)c(=O)c12. The van der Waals surface area contributed by atoms with Crippen molar-refractivity contribution in [1.29, 1.82) is 0 Å². The van der Waals surface area contributed by atoms with Gasteiger partial charge in [-0.25, -0.2) is 9.97 Å². The highest BCUT2D eigenvalue weighted by molar-refractivity contribution is 6.30. The molecule has 0 fully saturated rings. The second kappa shape index (κ2) is 7.93. The number of H-pyrrole nitrogens is 1. The molecule has 9 nitrogen and oxygen atoms in total. The number of fused-ring (bicyclic) bond motifs is 2. The zero-order valence-electron chi connectivity index (χ0n) is 17.1. The van der Waals surface area contributed by atoms with Crippen LogP contribution in [0, 0.1) is 6.92 Å². The van der Waals surface area contributed by atoms with E-state index in [0.717, 1.165) is 5.56 Å². The van der Waals surface area contributed by atoms with E-state index >= 15 is 0 Å². The number of hydrogen-bond acceptors (Lipinski definition) is 7. The number of rotatable bonds is 5. The van der Waals surface area contributed by atoms with Gasteiger partial charge in [-0.3, -0.25) is 9.36 Å². The third kappa shape index (κ3) is 3.52. The average Bonchev–Trinajstić information content (AvgIpc) is 3.22. The molecule has 4 N–H and O–H groups in total. The van der Waals surface area contributed by atoms with Gasteiger partial charge in [0.15, 0.2) is 11.5 Å². The summed E-state index contributed by atoms with van der Waals surface area (Å²) in [6.07, 6.45) is 1.98. The molecule has 160 valence electrons. The molecule has 0 atom stereocenters. The molecule has 2 aromatic carbocycles. The fourth-order valence-corrected chi connectivity index (χ4v) is 3.94. The number of benzene rings is 2. The van der Waals surface area contributed by atoms with Crippen LogP contribution in [0.3, 0.4) is 0 Å². The van der Waals surface area contributed by atoms with Crippen molar-refractivity contribution < 1.29 is 0 Å². The second-order valence-electron chi connectivity index (χ2n) is 7.32. The summed E-state index contributed by atoms with van der Waals surface area (Å²) < 4.78 is 1.61. The van der Waals surface area contributed by atoms with E-state index in [4.69, 9.17) is 22.3 Å². The minimum atomic E-state index is -0.133. The normalized spacial score (nSPS) is 11.3. The zero-order valence-corrected chi connectivity index (χ0v) is 17.9. The van der Waals surface area contributed by atoms with Gasteiger partial charge in [0.05, 0.1) is 22.9 Å². The molecule has 5 rings (SSSR count). The fraction of sp³-hybridized carbons (Fsp3) is 0.136. The maximum absolute atomic E-state index is 13.5. The monoisotopic (exact) mass is 446 g/mol. The smallest absolute Gasteiger partial charge is 0.266 e. The summed E-state index contributed by atoms with van der Waals surface area (Å²) in [5.74, 6) is 1.25. The summed E-state index contributed by atoms with van der Waals surface area (Å²) in [4.78, 5) is 33.8. The Morgan fingerprint density at radius 1 is 1.16 bits per heavy atom. The lowest BCUT2D eigenvalue weighted by Gasteiger charge is -2.15. The quantitative estimate of drug-likeness (QED) is 0.378. The van der Waals surface area contributed by atoms with Crippen molar-refractivity contribution in [3.05, 3.63) is 75.6 Å². The number of imidazole rings is 1. The van der Waals surface area contributed by atoms with Crippen LogP contribution in [0.15, 0.2) is 53.6 Å². The van der Waals surface area contributed by atoms with Gasteiger partial charge in [-0.1, -0.05) is 29.8 Å². The van der Waals surface area contributed by atoms with Gasteiger partial charge in [0.1, 0.15) is 11.3 Å². The van der Waals surface area contributed by atoms with Crippen LogP contribution >= 0.6 is 11.6 Å². The van der Waals surface area contributed by atoms with E-state index in [0.29, 0.717) is 57.4 Å². The predicted molar refractivity (Wildman–Crippen MR) is 125 cm³/mol. The van der Waals surface area contributed by atoms with Gasteiger partial charge in [0.2, 0.25) is 5.95 Å². The number of hydrogen-bond donors (Lipinski definition) is 3. The van der Waals surface area contributed by atoms with Crippen molar-refractivity contribution in [3.63, 3.8) is 0 Å². The number of nitrogen functional groups attached to an aromatic ring is 1. The molecule has 10 heteroatoms. The number of aromatic amines is 1. The molecule has 0 aliphatic rings. The minimum absolute atomic E-state index is 0.133. The third-order valence-electron chi connectivity index (χ3n) is 5.18. The zero-order chi connectivity index (χ0) is 22.2. The van der Waals surface area contributed by atoms with E-state index in [1.54, 1.807) is 16.7 Å². The van der Waals surface area contributed by atoms with Gasteiger partial charge in [-0.2, -0.15) is 9.97 Å². The standard InChI is InChI=1S/C22H19ClN8O/c1-12-4-2-7-15-17(12)21(32)31(14-6-3-5-13(23)10-14)16(28-15)8-9-25-19-18-20(27-11-26-18)30-22(24)29-19/h2-7,10-11H,8-9H2,1H3,(H4,24,25,26,27,29,30). The van der Waals surface area contributed by atoms with E-state index < -0.39 is 0 Å². The maximum atomic E-state index is 13.5. The summed E-state index contributed by atoms with van der Waals surface area (Å²) in [6, 6.07) is 12.8. The number of aromatic nitrogens is 6. The summed E-state index contributed by atoms with van der Waals surface area (Å²) in [6.45, 7) is 2.35. The number of aryl methyl sites for hydroxylation is 1. The van der Waals surface area contributed by atoms with E-state index in [9.17, 15) is 4.79 Å².